The van der Waals surface area contributed by atoms with Gasteiger partial charge in [-0.3, -0.25) is 0 Å². The minimum atomic E-state index is 0.681. The van der Waals surface area contributed by atoms with Gasteiger partial charge in [0.1, 0.15) is 5.69 Å². The van der Waals surface area contributed by atoms with E-state index in [4.69, 9.17) is 16.1 Å². The molecule has 0 aliphatic heterocycles. The monoisotopic (exact) mass is 222 g/mol. The van der Waals surface area contributed by atoms with Crippen molar-refractivity contribution >= 4 is 11.6 Å². The number of hydrogen-bond donors (Lipinski definition) is 1. The summed E-state index contributed by atoms with van der Waals surface area (Å²) in [5.41, 5.74) is 1.84. The van der Waals surface area contributed by atoms with E-state index in [2.05, 4.69) is 10.5 Å². The summed E-state index contributed by atoms with van der Waals surface area (Å²) in [6, 6.07) is 9.43. The Morgan fingerprint density at radius 2 is 2.07 bits per heavy atom. The van der Waals surface area contributed by atoms with Crippen LogP contribution in [0.3, 0.4) is 0 Å². The number of rotatable bonds is 3. The second kappa shape index (κ2) is 4.47. The van der Waals surface area contributed by atoms with Gasteiger partial charge in [0.25, 0.3) is 0 Å². The van der Waals surface area contributed by atoms with Crippen LogP contribution in [-0.2, 0) is 6.54 Å². The van der Waals surface area contributed by atoms with Crippen molar-refractivity contribution in [2.24, 2.45) is 0 Å². The predicted molar refractivity (Wildman–Crippen MR) is 59.7 cm³/mol. The molecule has 0 saturated carbocycles. The zero-order chi connectivity index (χ0) is 10.7. The summed E-state index contributed by atoms with van der Waals surface area (Å²) >= 11 is 5.80. The lowest BCUT2D eigenvalue weighted by Gasteiger charge is -1.94. The predicted octanol–water partition coefficient (Wildman–Crippen LogP) is 2.71. The summed E-state index contributed by atoms with van der Waals surface area (Å²) < 4.78 is 5.14. The fourth-order valence-electron chi connectivity index (χ4n) is 1.33. The molecule has 0 amide bonds. The zero-order valence-corrected chi connectivity index (χ0v) is 9.08. The molecule has 0 saturated heterocycles. The lowest BCUT2D eigenvalue weighted by molar-refractivity contribution is 0.379. The Morgan fingerprint density at radius 3 is 2.73 bits per heavy atom. The van der Waals surface area contributed by atoms with E-state index in [1.807, 2.05) is 37.4 Å². The summed E-state index contributed by atoms with van der Waals surface area (Å²) in [6.07, 6.45) is 0. The van der Waals surface area contributed by atoms with Crippen LogP contribution in [0.15, 0.2) is 34.9 Å². The average Bonchev–Trinajstić information content (AvgIpc) is 2.68. The number of hydrogen-bond acceptors (Lipinski definition) is 3. The molecule has 0 fully saturated rings. The molecular weight excluding hydrogens is 212 g/mol. The van der Waals surface area contributed by atoms with Crippen LogP contribution in [0.5, 0.6) is 0 Å². The highest BCUT2D eigenvalue weighted by Gasteiger charge is 2.05. The Bertz CT molecular complexity index is 436. The molecule has 0 aliphatic carbocycles. The molecule has 4 heteroatoms. The Morgan fingerprint density at radius 1 is 1.33 bits per heavy atom. The molecule has 1 heterocycles. The molecule has 2 aromatic rings. The van der Waals surface area contributed by atoms with Crippen molar-refractivity contribution < 1.29 is 4.52 Å². The molecule has 0 radical (unpaired) electrons. The quantitative estimate of drug-likeness (QED) is 0.868. The number of benzene rings is 1. The first-order chi connectivity index (χ1) is 7.29. The third-order valence-electron chi connectivity index (χ3n) is 2.05. The van der Waals surface area contributed by atoms with Gasteiger partial charge in [-0.1, -0.05) is 28.9 Å². The number of aromatic nitrogens is 1. The highest BCUT2D eigenvalue weighted by molar-refractivity contribution is 6.30. The van der Waals surface area contributed by atoms with Crippen LogP contribution in [0, 0.1) is 0 Å². The zero-order valence-electron chi connectivity index (χ0n) is 8.33. The SMILES string of the molecule is CNCc1cc(-c2ccc(Cl)cc2)no1. The lowest BCUT2D eigenvalue weighted by atomic mass is 10.1. The van der Waals surface area contributed by atoms with E-state index in [0.717, 1.165) is 22.0 Å². The molecule has 0 unspecified atom stereocenters. The topological polar surface area (TPSA) is 38.1 Å². The third kappa shape index (κ3) is 2.37. The van der Waals surface area contributed by atoms with E-state index in [1.54, 1.807) is 0 Å². The van der Waals surface area contributed by atoms with Crippen LogP contribution in [-0.4, -0.2) is 12.2 Å². The van der Waals surface area contributed by atoms with Gasteiger partial charge < -0.3 is 9.84 Å². The maximum Gasteiger partial charge on any atom is 0.151 e. The van der Waals surface area contributed by atoms with Crippen LogP contribution >= 0.6 is 11.6 Å². The van der Waals surface area contributed by atoms with Crippen LogP contribution < -0.4 is 5.32 Å². The molecule has 78 valence electrons. The molecule has 1 N–H and O–H groups in total. The van der Waals surface area contributed by atoms with E-state index in [9.17, 15) is 0 Å². The average molecular weight is 223 g/mol. The number of halogens is 1. The number of nitrogens with zero attached hydrogens (tertiary/aromatic N) is 1. The Hall–Kier alpha value is -1.32. The third-order valence-corrected chi connectivity index (χ3v) is 2.30. The van der Waals surface area contributed by atoms with Crippen molar-refractivity contribution in [3.8, 4) is 11.3 Å². The number of nitrogens with one attached hydrogen (secondary N) is 1. The summed E-state index contributed by atoms with van der Waals surface area (Å²) in [5, 5.41) is 7.70. The molecule has 0 bridgehead atoms. The van der Waals surface area contributed by atoms with Gasteiger partial charge in [0.2, 0.25) is 0 Å². The van der Waals surface area contributed by atoms with Crippen molar-refractivity contribution in [3.63, 3.8) is 0 Å². The molecule has 15 heavy (non-hydrogen) atoms. The van der Waals surface area contributed by atoms with Gasteiger partial charge in [0.05, 0.1) is 6.54 Å². The molecule has 0 atom stereocenters. The highest BCUT2D eigenvalue weighted by atomic mass is 35.5. The van der Waals surface area contributed by atoms with Gasteiger partial charge in [-0.05, 0) is 19.2 Å². The molecule has 3 nitrogen and oxygen atoms in total. The maximum absolute atomic E-state index is 5.80. The Balaban J connectivity index is 2.25. The van der Waals surface area contributed by atoms with E-state index < -0.39 is 0 Å². The van der Waals surface area contributed by atoms with Crippen LogP contribution in [0.4, 0.5) is 0 Å². The van der Waals surface area contributed by atoms with E-state index in [0.29, 0.717) is 6.54 Å². The molecule has 2 rings (SSSR count). The fraction of sp³-hybridized carbons (Fsp3) is 0.182. The summed E-state index contributed by atoms with van der Waals surface area (Å²) in [4.78, 5) is 0. The van der Waals surface area contributed by atoms with Gasteiger partial charge in [0.15, 0.2) is 5.76 Å². The van der Waals surface area contributed by atoms with Crippen molar-refractivity contribution in [1.82, 2.24) is 10.5 Å². The molecule has 0 aliphatic rings. The van der Waals surface area contributed by atoms with Crippen molar-refractivity contribution in [3.05, 3.63) is 41.1 Å². The first kappa shape index (κ1) is 10.2. The maximum atomic E-state index is 5.80. The smallest absolute Gasteiger partial charge is 0.151 e. The second-order valence-corrected chi connectivity index (χ2v) is 3.65. The summed E-state index contributed by atoms with van der Waals surface area (Å²) in [6.45, 7) is 0.681. The van der Waals surface area contributed by atoms with Gasteiger partial charge in [-0.15, -0.1) is 0 Å². The molecular formula is C11H11ClN2O. The fourth-order valence-corrected chi connectivity index (χ4v) is 1.45. The van der Waals surface area contributed by atoms with Crippen molar-refractivity contribution in [2.45, 2.75) is 6.54 Å². The standard InChI is InChI=1S/C11H11ClN2O/c1-13-7-10-6-11(14-15-10)8-2-4-9(12)5-3-8/h2-6,13H,7H2,1H3. The van der Waals surface area contributed by atoms with E-state index in [1.165, 1.54) is 0 Å². The minimum absolute atomic E-state index is 0.681. The van der Waals surface area contributed by atoms with Crippen LogP contribution in [0.2, 0.25) is 5.02 Å². The first-order valence-electron chi connectivity index (χ1n) is 4.66. The van der Waals surface area contributed by atoms with Gasteiger partial charge in [-0.25, -0.2) is 0 Å². The largest absolute Gasteiger partial charge is 0.359 e. The van der Waals surface area contributed by atoms with Crippen LogP contribution in [0.25, 0.3) is 11.3 Å². The minimum Gasteiger partial charge on any atom is -0.359 e. The normalized spacial score (nSPS) is 10.5. The Kier molecular flexibility index (Phi) is 3.04. The second-order valence-electron chi connectivity index (χ2n) is 3.22. The molecule has 1 aromatic heterocycles. The van der Waals surface area contributed by atoms with Crippen molar-refractivity contribution in [1.29, 1.82) is 0 Å². The van der Waals surface area contributed by atoms with Gasteiger partial charge in [-0.2, -0.15) is 0 Å². The lowest BCUT2D eigenvalue weighted by Crippen LogP contribution is -2.03. The molecule has 1 aromatic carbocycles. The summed E-state index contributed by atoms with van der Waals surface area (Å²) in [7, 11) is 1.87. The van der Waals surface area contributed by atoms with Crippen molar-refractivity contribution in [2.75, 3.05) is 7.05 Å². The van der Waals surface area contributed by atoms with E-state index in [-0.39, 0.29) is 0 Å². The highest BCUT2D eigenvalue weighted by Crippen LogP contribution is 2.21. The van der Waals surface area contributed by atoms with Gasteiger partial charge >= 0.3 is 0 Å². The summed E-state index contributed by atoms with van der Waals surface area (Å²) in [5.74, 6) is 0.822. The Labute approximate surface area is 93.0 Å². The van der Waals surface area contributed by atoms with Crippen LogP contribution in [0.1, 0.15) is 5.76 Å². The van der Waals surface area contributed by atoms with E-state index >= 15 is 0 Å². The first-order valence-corrected chi connectivity index (χ1v) is 5.03. The van der Waals surface area contributed by atoms with Gasteiger partial charge in [0, 0.05) is 16.7 Å². The molecule has 0 spiro atoms.